The van der Waals surface area contributed by atoms with Gasteiger partial charge in [0.2, 0.25) is 0 Å². The molecule has 28 heavy (non-hydrogen) atoms. The summed E-state index contributed by atoms with van der Waals surface area (Å²) in [7, 11) is 0. The predicted octanol–water partition coefficient (Wildman–Crippen LogP) is 3.94. The average Bonchev–Trinajstić information content (AvgIpc) is 2.64. The van der Waals surface area contributed by atoms with Crippen LogP contribution in [0.5, 0.6) is 0 Å². The first-order valence-corrected chi connectivity index (χ1v) is 10.4. The molecule has 1 atom stereocenters. The highest BCUT2D eigenvalue weighted by molar-refractivity contribution is 9.09. The molecular weight excluding hydrogens is 428 g/mol. The van der Waals surface area contributed by atoms with Crippen molar-refractivity contribution in [1.29, 1.82) is 0 Å². The van der Waals surface area contributed by atoms with Crippen LogP contribution < -0.4 is 10.6 Å². The summed E-state index contributed by atoms with van der Waals surface area (Å²) >= 11 is 3.14. The van der Waals surface area contributed by atoms with Gasteiger partial charge in [0.1, 0.15) is 12.2 Å². The third-order valence-corrected chi connectivity index (χ3v) is 4.17. The van der Waals surface area contributed by atoms with E-state index in [4.69, 9.17) is 9.47 Å². The Morgan fingerprint density at radius 2 is 1.75 bits per heavy atom. The first kappa shape index (κ1) is 23.9. The third kappa shape index (κ3) is 10.9. The van der Waals surface area contributed by atoms with E-state index in [1.807, 2.05) is 30.3 Å². The molecule has 1 aromatic rings. The zero-order chi connectivity index (χ0) is 21.0. The molecule has 2 N–H and O–H groups in total. The number of Topliss-reactive ketones (excluding diaryl/α,β-unsaturated/α-hetero) is 1. The van der Waals surface area contributed by atoms with Crippen molar-refractivity contribution in [3.63, 3.8) is 0 Å². The monoisotopic (exact) mass is 456 g/mol. The quantitative estimate of drug-likeness (QED) is 0.410. The lowest BCUT2D eigenvalue weighted by molar-refractivity contribution is -0.118. The maximum absolute atomic E-state index is 12.0. The molecule has 0 aromatic heterocycles. The van der Waals surface area contributed by atoms with Gasteiger partial charge in [-0.05, 0) is 45.6 Å². The predicted molar refractivity (Wildman–Crippen MR) is 110 cm³/mol. The molecule has 0 aliphatic rings. The molecule has 0 fully saturated rings. The van der Waals surface area contributed by atoms with Gasteiger partial charge in [-0.3, -0.25) is 4.79 Å². The van der Waals surface area contributed by atoms with Crippen LogP contribution in [0.2, 0.25) is 0 Å². The van der Waals surface area contributed by atoms with Gasteiger partial charge in [-0.25, -0.2) is 9.59 Å². The Kier molecular flexibility index (Phi) is 10.6. The van der Waals surface area contributed by atoms with E-state index in [1.54, 1.807) is 20.8 Å². The van der Waals surface area contributed by atoms with Gasteiger partial charge in [0.05, 0.1) is 11.4 Å². The maximum Gasteiger partial charge on any atom is 0.408 e. The van der Waals surface area contributed by atoms with Crippen LogP contribution in [0.15, 0.2) is 30.3 Å². The molecule has 7 nitrogen and oxygen atoms in total. The van der Waals surface area contributed by atoms with Crippen LogP contribution in [0.4, 0.5) is 9.59 Å². The van der Waals surface area contributed by atoms with E-state index in [0.29, 0.717) is 25.8 Å². The molecule has 0 spiro atoms. The molecule has 0 radical (unpaired) electrons. The minimum absolute atomic E-state index is 0.128. The second-order valence-corrected chi connectivity index (χ2v) is 7.84. The number of benzene rings is 1. The number of amides is 2. The fourth-order valence-electron chi connectivity index (χ4n) is 2.29. The highest BCUT2D eigenvalue weighted by atomic mass is 79.9. The molecule has 0 aliphatic carbocycles. The van der Waals surface area contributed by atoms with Crippen molar-refractivity contribution >= 4 is 33.9 Å². The van der Waals surface area contributed by atoms with Crippen LogP contribution >= 0.6 is 15.9 Å². The number of rotatable bonds is 10. The molecule has 0 bridgehead atoms. The second-order valence-electron chi connectivity index (χ2n) is 7.28. The number of ether oxygens (including phenoxy) is 2. The smallest absolute Gasteiger partial charge is 0.408 e. The molecule has 0 saturated heterocycles. The van der Waals surface area contributed by atoms with E-state index in [0.717, 1.165) is 5.56 Å². The van der Waals surface area contributed by atoms with Crippen molar-refractivity contribution in [2.75, 3.05) is 11.9 Å². The van der Waals surface area contributed by atoms with Crippen LogP contribution in [0.1, 0.15) is 45.6 Å². The maximum atomic E-state index is 12.0. The number of hydrogen-bond donors (Lipinski definition) is 2. The lowest BCUT2D eigenvalue weighted by Gasteiger charge is -2.20. The van der Waals surface area contributed by atoms with Crippen molar-refractivity contribution in [3.05, 3.63) is 35.9 Å². The zero-order valence-electron chi connectivity index (χ0n) is 16.6. The summed E-state index contributed by atoms with van der Waals surface area (Å²) in [5.41, 5.74) is 0.329. The number of unbranched alkanes of at least 4 members (excludes halogenated alkanes) is 1. The van der Waals surface area contributed by atoms with E-state index in [-0.39, 0.29) is 17.7 Å². The van der Waals surface area contributed by atoms with Crippen LogP contribution in [0.3, 0.4) is 0 Å². The van der Waals surface area contributed by atoms with E-state index < -0.39 is 23.8 Å². The van der Waals surface area contributed by atoms with Gasteiger partial charge < -0.3 is 20.1 Å². The van der Waals surface area contributed by atoms with E-state index in [2.05, 4.69) is 26.6 Å². The van der Waals surface area contributed by atoms with E-state index in [1.165, 1.54) is 0 Å². The van der Waals surface area contributed by atoms with Crippen molar-refractivity contribution in [3.8, 4) is 0 Å². The van der Waals surface area contributed by atoms with Crippen molar-refractivity contribution in [2.24, 2.45) is 0 Å². The molecule has 156 valence electrons. The molecule has 1 aromatic carbocycles. The Morgan fingerprint density at radius 3 is 2.36 bits per heavy atom. The zero-order valence-corrected chi connectivity index (χ0v) is 18.2. The molecular formula is C20H29BrN2O5. The Bertz CT molecular complexity index is 631. The fourth-order valence-corrected chi connectivity index (χ4v) is 2.68. The van der Waals surface area contributed by atoms with Crippen molar-refractivity contribution in [2.45, 2.75) is 58.3 Å². The summed E-state index contributed by atoms with van der Waals surface area (Å²) in [6.45, 7) is 5.97. The Labute approximate surface area is 174 Å². The summed E-state index contributed by atoms with van der Waals surface area (Å²) in [4.78, 5) is 35.6. The molecule has 0 heterocycles. The number of carbonyl (C=O) groups is 3. The molecule has 2 amide bonds. The second kappa shape index (κ2) is 12.4. The topological polar surface area (TPSA) is 93.7 Å². The highest BCUT2D eigenvalue weighted by Gasteiger charge is 2.20. The van der Waals surface area contributed by atoms with Gasteiger partial charge >= 0.3 is 12.2 Å². The van der Waals surface area contributed by atoms with Crippen LogP contribution in [0, 0.1) is 0 Å². The van der Waals surface area contributed by atoms with Crippen LogP contribution in [-0.4, -0.2) is 41.5 Å². The summed E-state index contributed by atoms with van der Waals surface area (Å²) in [6.07, 6.45) is 0.670. The van der Waals surface area contributed by atoms with Gasteiger partial charge in [-0.15, -0.1) is 0 Å². The summed E-state index contributed by atoms with van der Waals surface area (Å²) in [5.74, 6) is -0.128. The van der Waals surface area contributed by atoms with Gasteiger partial charge in [-0.2, -0.15) is 0 Å². The number of alkyl carbamates (subject to hydrolysis) is 2. The SMILES string of the molecule is CC(C)(C)OC(=O)NCCCC[C@H](NC(=O)OCc1ccccc1)C(=O)CBr. The number of ketones is 1. The third-order valence-electron chi connectivity index (χ3n) is 3.61. The average molecular weight is 457 g/mol. The Hall–Kier alpha value is -2.09. The lowest BCUT2D eigenvalue weighted by Crippen LogP contribution is -2.41. The number of nitrogens with one attached hydrogen (secondary N) is 2. The van der Waals surface area contributed by atoms with Gasteiger partial charge in [0.25, 0.3) is 0 Å². The minimum Gasteiger partial charge on any atom is -0.445 e. The molecule has 8 heteroatoms. The number of halogens is 1. The van der Waals surface area contributed by atoms with E-state index >= 15 is 0 Å². The largest absolute Gasteiger partial charge is 0.445 e. The Balaban J connectivity index is 2.33. The van der Waals surface area contributed by atoms with Gasteiger partial charge in [0, 0.05) is 6.54 Å². The van der Waals surface area contributed by atoms with Gasteiger partial charge in [0.15, 0.2) is 5.78 Å². The summed E-state index contributed by atoms with van der Waals surface area (Å²) < 4.78 is 10.3. The fraction of sp³-hybridized carbons (Fsp3) is 0.550. The highest BCUT2D eigenvalue weighted by Crippen LogP contribution is 2.08. The lowest BCUT2D eigenvalue weighted by atomic mass is 10.1. The number of hydrogen-bond acceptors (Lipinski definition) is 5. The molecule has 0 saturated carbocycles. The first-order chi connectivity index (χ1) is 13.2. The Morgan fingerprint density at radius 1 is 1.07 bits per heavy atom. The van der Waals surface area contributed by atoms with Crippen molar-refractivity contribution in [1.82, 2.24) is 10.6 Å². The van der Waals surface area contributed by atoms with E-state index in [9.17, 15) is 14.4 Å². The number of alkyl halides is 1. The summed E-state index contributed by atoms with van der Waals surface area (Å²) in [5, 5.41) is 5.43. The first-order valence-electron chi connectivity index (χ1n) is 9.24. The molecule has 1 rings (SSSR count). The van der Waals surface area contributed by atoms with Crippen LogP contribution in [0.25, 0.3) is 0 Å². The van der Waals surface area contributed by atoms with Crippen LogP contribution in [-0.2, 0) is 20.9 Å². The number of carbonyl (C=O) groups excluding carboxylic acids is 3. The minimum atomic E-state index is -0.635. The summed E-state index contributed by atoms with van der Waals surface area (Å²) in [6, 6.07) is 8.67. The molecule has 0 aliphatic heterocycles. The van der Waals surface area contributed by atoms with Crippen molar-refractivity contribution < 1.29 is 23.9 Å². The standard InChI is InChI=1S/C20H29BrN2O5/c1-20(2,3)28-18(25)22-12-8-7-11-16(17(24)13-21)23-19(26)27-14-15-9-5-4-6-10-15/h4-6,9-10,16H,7-8,11-14H2,1-3H3,(H,22,25)(H,23,26)/t16-/m0/s1. The van der Waals surface area contributed by atoms with Gasteiger partial charge in [-0.1, -0.05) is 46.3 Å². The molecule has 0 unspecified atom stereocenters. The normalized spacial score (nSPS) is 12.0.